The summed E-state index contributed by atoms with van der Waals surface area (Å²) in [4.78, 5) is 22.1. The van der Waals surface area contributed by atoms with Crippen molar-refractivity contribution in [2.24, 2.45) is 0 Å². The van der Waals surface area contributed by atoms with Crippen molar-refractivity contribution >= 4 is 40.9 Å². The zero-order valence-corrected chi connectivity index (χ0v) is 20.1. The van der Waals surface area contributed by atoms with Crippen LogP contribution in [0.1, 0.15) is 24.1 Å². The summed E-state index contributed by atoms with van der Waals surface area (Å²) in [5, 5.41) is 11.7. The van der Waals surface area contributed by atoms with Crippen LogP contribution in [0.5, 0.6) is 0 Å². The number of halogens is 2. The van der Waals surface area contributed by atoms with E-state index >= 15 is 0 Å². The van der Waals surface area contributed by atoms with Crippen LogP contribution in [0.4, 0.5) is 16.0 Å². The van der Waals surface area contributed by atoms with Gasteiger partial charge >= 0.3 is 0 Å². The molecule has 0 bridgehead atoms. The van der Waals surface area contributed by atoms with Crippen molar-refractivity contribution in [3.05, 3.63) is 106 Å². The van der Waals surface area contributed by atoms with Gasteiger partial charge in [-0.1, -0.05) is 59.8 Å². The van der Waals surface area contributed by atoms with Crippen LogP contribution in [0, 0.1) is 5.82 Å². The molecule has 2 aromatic carbocycles. The largest absolute Gasteiger partial charge is 0.328 e. The van der Waals surface area contributed by atoms with Gasteiger partial charge in [0, 0.05) is 28.2 Å². The molecule has 1 atom stereocenters. The molecule has 1 aliphatic heterocycles. The van der Waals surface area contributed by atoms with Crippen molar-refractivity contribution in [2.75, 3.05) is 10.6 Å². The van der Waals surface area contributed by atoms with E-state index in [0.717, 1.165) is 0 Å². The molecule has 0 fully saturated rings. The van der Waals surface area contributed by atoms with Crippen LogP contribution in [-0.4, -0.2) is 25.7 Å². The summed E-state index contributed by atoms with van der Waals surface area (Å²) in [6.45, 7) is 1.81. The van der Waals surface area contributed by atoms with Crippen LogP contribution in [0.3, 0.4) is 0 Å². The second kappa shape index (κ2) is 9.89. The third-order valence-corrected chi connectivity index (χ3v) is 6.74. The van der Waals surface area contributed by atoms with Gasteiger partial charge in [-0.25, -0.2) is 9.07 Å². The molecular formula is C25H20ClFN6OS. The molecule has 0 radical (unpaired) electrons. The second-order valence-electron chi connectivity index (χ2n) is 7.83. The second-order valence-corrected chi connectivity index (χ2v) is 9.18. The molecule has 1 amide bonds. The highest BCUT2D eigenvalue weighted by Crippen LogP contribution is 2.39. The zero-order valence-electron chi connectivity index (χ0n) is 18.6. The molecule has 176 valence electrons. The fourth-order valence-corrected chi connectivity index (χ4v) is 4.92. The van der Waals surface area contributed by atoms with Crippen LogP contribution < -0.4 is 10.6 Å². The van der Waals surface area contributed by atoms with Crippen molar-refractivity contribution in [1.82, 2.24) is 19.7 Å². The van der Waals surface area contributed by atoms with Crippen LogP contribution in [0.15, 0.2) is 89.5 Å². The first-order valence-corrected chi connectivity index (χ1v) is 12.1. The van der Waals surface area contributed by atoms with Crippen molar-refractivity contribution in [3.8, 4) is 0 Å². The highest BCUT2D eigenvalue weighted by Gasteiger charge is 2.35. The molecule has 3 heterocycles. The summed E-state index contributed by atoms with van der Waals surface area (Å²) >= 11 is 7.89. The molecule has 10 heteroatoms. The van der Waals surface area contributed by atoms with Crippen LogP contribution in [0.2, 0.25) is 5.02 Å². The molecule has 2 N–H and O–H groups in total. The number of rotatable bonds is 6. The monoisotopic (exact) mass is 506 g/mol. The fourth-order valence-electron chi connectivity index (χ4n) is 3.86. The van der Waals surface area contributed by atoms with Gasteiger partial charge in [0.1, 0.15) is 11.9 Å². The molecule has 35 heavy (non-hydrogen) atoms. The van der Waals surface area contributed by atoms with Gasteiger partial charge < -0.3 is 10.6 Å². The predicted octanol–water partition coefficient (Wildman–Crippen LogP) is 5.69. The predicted molar refractivity (Wildman–Crippen MR) is 135 cm³/mol. The number of pyridine rings is 1. The molecule has 1 unspecified atom stereocenters. The number of nitrogens with one attached hydrogen (secondary N) is 2. The molecule has 2 aromatic heterocycles. The normalized spacial score (nSPS) is 14.9. The maximum atomic E-state index is 14.1. The molecule has 1 aliphatic rings. The molecule has 0 aliphatic carbocycles. The fraction of sp³-hybridized carbons (Fsp3) is 0.120. The number of amides is 1. The minimum absolute atomic E-state index is 0.275. The Morgan fingerprint density at radius 2 is 1.97 bits per heavy atom. The minimum Gasteiger partial charge on any atom is -0.328 e. The van der Waals surface area contributed by atoms with Gasteiger partial charge in [-0.15, -0.1) is 5.10 Å². The zero-order chi connectivity index (χ0) is 24.4. The van der Waals surface area contributed by atoms with Crippen molar-refractivity contribution < 1.29 is 9.18 Å². The number of carbonyl (C=O) groups excluding carboxylic acids is 1. The van der Waals surface area contributed by atoms with Gasteiger partial charge in [0.15, 0.2) is 0 Å². The summed E-state index contributed by atoms with van der Waals surface area (Å²) in [5.41, 5.74) is 2.92. The Morgan fingerprint density at radius 3 is 2.74 bits per heavy atom. The lowest BCUT2D eigenvalue weighted by Gasteiger charge is -2.29. The quantitative estimate of drug-likeness (QED) is 0.327. The minimum atomic E-state index is -0.619. The van der Waals surface area contributed by atoms with E-state index in [1.165, 1.54) is 17.8 Å². The van der Waals surface area contributed by atoms with Gasteiger partial charge in [0.2, 0.25) is 11.1 Å². The van der Waals surface area contributed by atoms with E-state index in [1.54, 1.807) is 53.5 Å². The Hall–Kier alpha value is -3.69. The molecule has 0 saturated heterocycles. The topological polar surface area (TPSA) is 84.7 Å². The molecule has 4 aromatic rings. The van der Waals surface area contributed by atoms with Crippen molar-refractivity contribution in [3.63, 3.8) is 0 Å². The number of hydrogen-bond acceptors (Lipinski definition) is 6. The van der Waals surface area contributed by atoms with Gasteiger partial charge in [0.25, 0.3) is 5.91 Å². The standard InChI is InChI=1S/C25H20ClFN6OS/c1-15-21(23(34)30-17-8-6-12-28-13-17)22(18-9-3-4-10-19(18)26)33-24(29-15)31-25(32-33)35-14-16-7-2-5-11-20(16)27/h2-13,22H,14H2,1H3,(H,30,34)(H,29,31,32). The average Bonchev–Trinajstić information content (AvgIpc) is 3.26. The molecule has 5 rings (SSSR count). The van der Waals surface area contributed by atoms with E-state index in [4.69, 9.17) is 11.6 Å². The summed E-state index contributed by atoms with van der Waals surface area (Å²) in [7, 11) is 0. The summed E-state index contributed by atoms with van der Waals surface area (Å²) in [5.74, 6) is 0.257. The third kappa shape index (κ3) is 4.78. The van der Waals surface area contributed by atoms with Crippen molar-refractivity contribution in [2.45, 2.75) is 23.9 Å². The number of nitrogens with zero attached hydrogens (tertiary/aromatic N) is 4. The van der Waals surface area contributed by atoms with Gasteiger partial charge in [-0.2, -0.15) is 4.98 Å². The number of fused-ring (bicyclic) bond motifs is 1. The Labute approximate surface area is 210 Å². The number of allylic oxidation sites excluding steroid dienone is 1. The smallest absolute Gasteiger partial charge is 0.255 e. The SMILES string of the molecule is CC1=C(C(=O)Nc2cccnc2)C(c2ccccc2Cl)n2nc(SCc3ccccc3F)nc2N1. The number of hydrogen-bond donors (Lipinski definition) is 2. The van der Waals surface area contributed by atoms with Gasteiger partial charge in [-0.05, 0) is 36.8 Å². The van der Waals surface area contributed by atoms with Crippen LogP contribution in [0.25, 0.3) is 0 Å². The summed E-state index contributed by atoms with van der Waals surface area (Å²) < 4.78 is 15.7. The first-order valence-electron chi connectivity index (χ1n) is 10.8. The van der Waals surface area contributed by atoms with E-state index < -0.39 is 6.04 Å². The number of anilines is 2. The first kappa shape index (κ1) is 23.1. The van der Waals surface area contributed by atoms with E-state index in [2.05, 4.69) is 25.7 Å². The van der Waals surface area contributed by atoms with Crippen LogP contribution in [-0.2, 0) is 10.5 Å². The number of thioether (sulfide) groups is 1. The maximum absolute atomic E-state index is 14.1. The first-order chi connectivity index (χ1) is 17.0. The number of carbonyl (C=O) groups is 1. The molecule has 0 saturated carbocycles. The van der Waals surface area contributed by atoms with E-state index in [-0.39, 0.29) is 11.7 Å². The highest BCUT2D eigenvalue weighted by molar-refractivity contribution is 7.98. The van der Waals surface area contributed by atoms with E-state index in [9.17, 15) is 9.18 Å². The Balaban J connectivity index is 1.51. The lowest BCUT2D eigenvalue weighted by Crippen LogP contribution is -2.31. The summed E-state index contributed by atoms with van der Waals surface area (Å²) in [6.07, 6.45) is 3.21. The molecule has 7 nitrogen and oxygen atoms in total. The van der Waals surface area contributed by atoms with Crippen LogP contribution >= 0.6 is 23.4 Å². The van der Waals surface area contributed by atoms with Crippen molar-refractivity contribution in [1.29, 1.82) is 0 Å². The van der Waals surface area contributed by atoms with E-state index in [1.807, 2.05) is 25.1 Å². The average molecular weight is 507 g/mol. The van der Waals surface area contributed by atoms with Gasteiger partial charge in [-0.3, -0.25) is 9.78 Å². The highest BCUT2D eigenvalue weighted by atomic mass is 35.5. The maximum Gasteiger partial charge on any atom is 0.255 e. The summed E-state index contributed by atoms with van der Waals surface area (Å²) in [6, 6.07) is 16.8. The third-order valence-electron chi connectivity index (χ3n) is 5.51. The Kier molecular flexibility index (Phi) is 6.52. The van der Waals surface area contributed by atoms with Gasteiger partial charge in [0.05, 0.1) is 17.5 Å². The molecular weight excluding hydrogens is 487 g/mol. The Morgan fingerprint density at radius 1 is 1.17 bits per heavy atom. The number of benzene rings is 2. The number of aromatic nitrogens is 4. The van der Waals surface area contributed by atoms with E-state index in [0.29, 0.717) is 50.0 Å². The molecule has 0 spiro atoms. The lowest BCUT2D eigenvalue weighted by molar-refractivity contribution is -0.113. The Bertz CT molecular complexity index is 1420. The lowest BCUT2D eigenvalue weighted by atomic mass is 9.95.